The van der Waals surface area contributed by atoms with Crippen LogP contribution in [0.25, 0.3) is 22.3 Å². The number of morpholine rings is 1. The van der Waals surface area contributed by atoms with E-state index in [4.69, 9.17) is 30.8 Å². The fourth-order valence-corrected chi connectivity index (χ4v) is 3.89. The van der Waals surface area contributed by atoms with Crippen LogP contribution in [-0.4, -0.2) is 55.5 Å². The number of aromatic nitrogens is 3. The van der Waals surface area contributed by atoms with Crippen LogP contribution in [0, 0.1) is 5.82 Å². The molecule has 1 unspecified atom stereocenters. The van der Waals surface area contributed by atoms with Crippen molar-refractivity contribution in [2.24, 2.45) is 0 Å². The number of nitrogens with zero attached hydrogens (tertiary/aromatic N) is 4. The summed E-state index contributed by atoms with van der Waals surface area (Å²) >= 11 is 6.11. The molecule has 3 heterocycles. The molecule has 29 heavy (non-hydrogen) atoms. The Morgan fingerprint density at radius 1 is 1.14 bits per heavy atom. The van der Waals surface area contributed by atoms with E-state index in [9.17, 15) is 0 Å². The van der Waals surface area contributed by atoms with E-state index in [1.807, 2.05) is 0 Å². The Balaban J connectivity index is 1.99. The Morgan fingerprint density at radius 3 is 2.55 bits per heavy atom. The Kier molecular flexibility index (Phi) is 5.67. The molecule has 1 atom stereocenters. The summed E-state index contributed by atoms with van der Waals surface area (Å²) in [6.45, 7) is 2.47. The van der Waals surface area contributed by atoms with Crippen molar-refractivity contribution >= 4 is 42.9 Å². The first kappa shape index (κ1) is 20.0. The maximum absolute atomic E-state index is 15.2. The SMILES string of the molecule is COc1cc(OC)c(P)c(-c2nc(N3CCOCC3)c3cc(Cl)ncc3n2)c1F. The molecular weight excluding hydrogens is 418 g/mol. The fourth-order valence-electron chi connectivity index (χ4n) is 3.28. The number of ether oxygens (including phenoxy) is 3. The molecule has 1 saturated heterocycles. The minimum atomic E-state index is -0.562. The molecule has 1 aliphatic heterocycles. The van der Waals surface area contributed by atoms with Gasteiger partial charge < -0.3 is 19.1 Å². The van der Waals surface area contributed by atoms with Gasteiger partial charge in [0.1, 0.15) is 16.7 Å². The van der Waals surface area contributed by atoms with Crippen molar-refractivity contribution in [3.63, 3.8) is 0 Å². The zero-order chi connectivity index (χ0) is 20.5. The van der Waals surface area contributed by atoms with Crippen LogP contribution in [0.3, 0.4) is 0 Å². The lowest BCUT2D eigenvalue weighted by Gasteiger charge is -2.29. The molecule has 7 nitrogen and oxygen atoms in total. The Labute approximate surface area is 174 Å². The summed E-state index contributed by atoms with van der Waals surface area (Å²) in [6, 6.07) is 3.21. The lowest BCUT2D eigenvalue weighted by atomic mass is 10.1. The number of pyridine rings is 1. The first-order valence-electron chi connectivity index (χ1n) is 8.89. The summed E-state index contributed by atoms with van der Waals surface area (Å²) in [7, 11) is 5.41. The molecule has 0 N–H and O–H groups in total. The van der Waals surface area contributed by atoms with Crippen LogP contribution < -0.4 is 19.7 Å². The average molecular weight is 437 g/mol. The van der Waals surface area contributed by atoms with Gasteiger partial charge in [0, 0.05) is 29.8 Å². The summed E-state index contributed by atoms with van der Waals surface area (Å²) in [5.74, 6) is 0.807. The van der Waals surface area contributed by atoms with Crippen LogP contribution in [0.2, 0.25) is 5.15 Å². The van der Waals surface area contributed by atoms with Crippen molar-refractivity contribution in [1.82, 2.24) is 15.0 Å². The van der Waals surface area contributed by atoms with Gasteiger partial charge in [0.25, 0.3) is 0 Å². The molecule has 1 fully saturated rings. The number of fused-ring (bicyclic) bond motifs is 1. The second-order valence-electron chi connectivity index (χ2n) is 6.38. The number of anilines is 1. The third kappa shape index (κ3) is 3.68. The monoisotopic (exact) mass is 436 g/mol. The zero-order valence-electron chi connectivity index (χ0n) is 15.9. The van der Waals surface area contributed by atoms with Crippen LogP contribution in [0.1, 0.15) is 0 Å². The van der Waals surface area contributed by atoms with Crippen LogP contribution in [0.4, 0.5) is 10.2 Å². The van der Waals surface area contributed by atoms with Crippen molar-refractivity contribution in [2.75, 3.05) is 45.4 Å². The van der Waals surface area contributed by atoms with Crippen molar-refractivity contribution in [3.05, 3.63) is 29.3 Å². The highest BCUT2D eigenvalue weighted by molar-refractivity contribution is 7.28. The van der Waals surface area contributed by atoms with E-state index in [1.54, 1.807) is 12.3 Å². The molecule has 0 radical (unpaired) electrons. The molecule has 0 bridgehead atoms. The van der Waals surface area contributed by atoms with E-state index in [1.165, 1.54) is 20.3 Å². The average Bonchev–Trinajstić information content (AvgIpc) is 2.74. The van der Waals surface area contributed by atoms with Crippen LogP contribution in [-0.2, 0) is 4.74 Å². The van der Waals surface area contributed by atoms with E-state index in [0.29, 0.717) is 53.8 Å². The molecule has 4 rings (SSSR count). The van der Waals surface area contributed by atoms with Crippen molar-refractivity contribution in [3.8, 4) is 22.9 Å². The topological polar surface area (TPSA) is 69.6 Å². The number of hydrogen-bond acceptors (Lipinski definition) is 7. The standard InChI is InChI=1S/C19H19ClFN4O3P/c1-26-12-8-13(27-2)17(29)15(16(12)21)18-23-11-9-22-14(20)7-10(11)19(24-18)25-3-5-28-6-4-25/h7-9H,3-6,29H2,1-2H3. The largest absolute Gasteiger partial charge is 0.496 e. The first-order valence-corrected chi connectivity index (χ1v) is 9.85. The minimum Gasteiger partial charge on any atom is -0.496 e. The molecule has 152 valence electrons. The molecule has 0 aliphatic carbocycles. The molecule has 0 saturated carbocycles. The number of halogens is 2. The predicted octanol–water partition coefficient (Wildman–Crippen LogP) is 2.84. The molecule has 0 amide bonds. The predicted molar refractivity (Wildman–Crippen MR) is 113 cm³/mol. The molecule has 2 aromatic heterocycles. The summed E-state index contributed by atoms with van der Waals surface area (Å²) < 4.78 is 31.2. The highest BCUT2D eigenvalue weighted by Gasteiger charge is 2.24. The number of rotatable bonds is 4. The van der Waals surface area contributed by atoms with Gasteiger partial charge in [-0.15, -0.1) is 9.24 Å². The van der Waals surface area contributed by atoms with Crippen LogP contribution in [0.15, 0.2) is 18.3 Å². The number of methoxy groups -OCH3 is 2. The highest BCUT2D eigenvalue weighted by Crippen LogP contribution is 2.35. The van der Waals surface area contributed by atoms with Gasteiger partial charge in [-0.1, -0.05) is 11.6 Å². The second kappa shape index (κ2) is 8.22. The van der Waals surface area contributed by atoms with E-state index >= 15 is 4.39 Å². The van der Waals surface area contributed by atoms with E-state index in [-0.39, 0.29) is 17.1 Å². The van der Waals surface area contributed by atoms with Gasteiger partial charge in [-0.25, -0.2) is 19.3 Å². The number of hydrogen-bond donors (Lipinski definition) is 0. The van der Waals surface area contributed by atoms with Crippen molar-refractivity contribution in [2.45, 2.75) is 0 Å². The summed E-state index contributed by atoms with van der Waals surface area (Å²) in [4.78, 5) is 15.5. The Morgan fingerprint density at radius 2 is 1.86 bits per heavy atom. The lowest BCUT2D eigenvalue weighted by molar-refractivity contribution is 0.122. The molecule has 1 aliphatic rings. The third-order valence-electron chi connectivity index (χ3n) is 4.74. The Hall–Kier alpha value is -2.28. The van der Waals surface area contributed by atoms with Gasteiger partial charge >= 0.3 is 0 Å². The van der Waals surface area contributed by atoms with Crippen molar-refractivity contribution in [1.29, 1.82) is 0 Å². The summed E-state index contributed by atoms with van der Waals surface area (Å²) in [5.41, 5.74) is 0.754. The van der Waals surface area contributed by atoms with Gasteiger partial charge in [-0.3, -0.25) is 0 Å². The van der Waals surface area contributed by atoms with Crippen LogP contribution >= 0.6 is 20.8 Å². The molecular formula is C19H19ClFN4O3P. The summed E-state index contributed by atoms with van der Waals surface area (Å²) in [6.07, 6.45) is 1.56. The van der Waals surface area contributed by atoms with E-state index in [0.717, 1.165) is 5.39 Å². The first-order chi connectivity index (χ1) is 14.0. The molecule has 0 spiro atoms. The second-order valence-corrected chi connectivity index (χ2v) is 7.34. The number of benzene rings is 1. The minimum absolute atomic E-state index is 0.0499. The fraction of sp³-hybridized carbons (Fsp3) is 0.316. The quantitative estimate of drug-likeness (QED) is 0.460. The van der Waals surface area contributed by atoms with Crippen LogP contribution in [0.5, 0.6) is 11.5 Å². The van der Waals surface area contributed by atoms with Gasteiger partial charge in [0.2, 0.25) is 0 Å². The third-order valence-corrected chi connectivity index (χ3v) is 5.52. The van der Waals surface area contributed by atoms with Crippen molar-refractivity contribution < 1.29 is 18.6 Å². The maximum Gasteiger partial charge on any atom is 0.176 e. The Bertz CT molecular complexity index is 1050. The molecule has 10 heteroatoms. The van der Waals surface area contributed by atoms with Gasteiger partial charge in [0.05, 0.1) is 44.7 Å². The van der Waals surface area contributed by atoms with E-state index in [2.05, 4.69) is 24.1 Å². The smallest absolute Gasteiger partial charge is 0.176 e. The van der Waals surface area contributed by atoms with E-state index < -0.39 is 5.82 Å². The zero-order valence-corrected chi connectivity index (χ0v) is 17.8. The summed E-state index contributed by atoms with van der Waals surface area (Å²) in [5, 5.41) is 1.58. The molecule has 3 aromatic rings. The lowest BCUT2D eigenvalue weighted by Crippen LogP contribution is -2.37. The maximum atomic E-state index is 15.2. The highest BCUT2D eigenvalue weighted by atomic mass is 35.5. The molecule has 1 aromatic carbocycles. The van der Waals surface area contributed by atoms with Gasteiger partial charge in [0.15, 0.2) is 17.4 Å². The van der Waals surface area contributed by atoms with Gasteiger partial charge in [-0.2, -0.15) is 0 Å². The van der Waals surface area contributed by atoms with Gasteiger partial charge in [-0.05, 0) is 6.07 Å². The normalized spacial score (nSPS) is 14.3.